The van der Waals surface area contributed by atoms with E-state index >= 15 is 0 Å². The Hall–Kier alpha value is -1.02. The third-order valence-corrected chi connectivity index (χ3v) is 4.29. The van der Waals surface area contributed by atoms with Crippen LogP contribution in [-0.4, -0.2) is 19.2 Å². The minimum atomic E-state index is 0.348. The first kappa shape index (κ1) is 15.4. The van der Waals surface area contributed by atoms with Crippen LogP contribution in [0.5, 0.6) is 5.75 Å². The van der Waals surface area contributed by atoms with Gasteiger partial charge in [-0.3, -0.25) is 0 Å². The molecule has 0 amide bonds. The molecule has 0 heterocycles. The van der Waals surface area contributed by atoms with Crippen molar-refractivity contribution < 1.29 is 4.74 Å². The molecule has 20 heavy (non-hydrogen) atoms. The van der Waals surface area contributed by atoms with E-state index in [1.165, 1.54) is 12.0 Å². The summed E-state index contributed by atoms with van der Waals surface area (Å²) in [4.78, 5) is 0. The molecule has 2 atom stereocenters. The summed E-state index contributed by atoms with van der Waals surface area (Å²) in [6.45, 7) is 13.0. The Morgan fingerprint density at radius 2 is 1.80 bits per heavy atom. The number of rotatable bonds is 7. The van der Waals surface area contributed by atoms with Crippen LogP contribution in [-0.2, 0) is 5.41 Å². The maximum absolute atomic E-state index is 5.76. The van der Waals surface area contributed by atoms with Crippen LogP contribution < -0.4 is 10.1 Å². The number of benzene rings is 1. The molecule has 0 bridgehead atoms. The number of nitrogens with one attached hydrogen (secondary N) is 1. The first-order chi connectivity index (χ1) is 9.44. The van der Waals surface area contributed by atoms with Crippen molar-refractivity contribution in [1.82, 2.24) is 5.32 Å². The fourth-order valence-electron chi connectivity index (χ4n) is 2.77. The van der Waals surface area contributed by atoms with Gasteiger partial charge in [-0.25, -0.2) is 0 Å². The van der Waals surface area contributed by atoms with Crippen molar-refractivity contribution >= 4 is 0 Å². The standard InChI is InChI=1S/C18H29NO/c1-13(2)11-20-17-8-6-16(7-9-17)18(10-15(18)5)12-19-14(3)4/h6-9,13-15,19H,10-12H2,1-5H3. The van der Waals surface area contributed by atoms with Gasteiger partial charge in [0.1, 0.15) is 5.75 Å². The van der Waals surface area contributed by atoms with Crippen LogP contribution in [0.4, 0.5) is 0 Å². The van der Waals surface area contributed by atoms with Gasteiger partial charge < -0.3 is 10.1 Å². The SMILES string of the molecule is CC(C)COc1ccc(C2(CNC(C)C)CC2C)cc1. The van der Waals surface area contributed by atoms with E-state index < -0.39 is 0 Å². The fourth-order valence-corrected chi connectivity index (χ4v) is 2.77. The Morgan fingerprint density at radius 3 is 2.25 bits per heavy atom. The van der Waals surface area contributed by atoms with Crippen LogP contribution in [0.2, 0.25) is 0 Å². The number of ether oxygens (including phenoxy) is 1. The normalized spacial score (nSPS) is 25.2. The average molecular weight is 275 g/mol. The number of hydrogen-bond acceptors (Lipinski definition) is 2. The molecule has 0 spiro atoms. The van der Waals surface area contributed by atoms with Crippen molar-refractivity contribution in [2.75, 3.05) is 13.2 Å². The van der Waals surface area contributed by atoms with Gasteiger partial charge in [-0.2, -0.15) is 0 Å². The summed E-state index contributed by atoms with van der Waals surface area (Å²) in [5.74, 6) is 2.33. The minimum Gasteiger partial charge on any atom is -0.493 e. The number of hydrogen-bond donors (Lipinski definition) is 1. The van der Waals surface area contributed by atoms with E-state index in [4.69, 9.17) is 4.74 Å². The predicted molar refractivity (Wildman–Crippen MR) is 85.4 cm³/mol. The van der Waals surface area contributed by atoms with Crippen molar-refractivity contribution in [3.8, 4) is 5.75 Å². The molecule has 2 unspecified atom stereocenters. The van der Waals surface area contributed by atoms with Gasteiger partial charge in [0.25, 0.3) is 0 Å². The van der Waals surface area contributed by atoms with Crippen LogP contribution in [0, 0.1) is 11.8 Å². The van der Waals surface area contributed by atoms with E-state index in [-0.39, 0.29) is 0 Å². The zero-order valence-electron chi connectivity index (χ0n) is 13.6. The summed E-state index contributed by atoms with van der Waals surface area (Å²) in [7, 11) is 0. The van der Waals surface area contributed by atoms with E-state index in [1.807, 2.05) is 0 Å². The molecule has 112 valence electrons. The highest BCUT2D eigenvalue weighted by Crippen LogP contribution is 2.53. The van der Waals surface area contributed by atoms with E-state index in [1.54, 1.807) is 0 Å². The van der Waals surface area contributed by atoms with Crippen molar-refractivity contribution in [3.05, 3.63) is 29.8 Å². The highest BCUT2D eigenvalue weighted by molar-refractivity contribution is 5.38. The van der Waals surface area contributed by atoms with Gasteiger partial charge in [-0.05, 0) is 36.0 Å². The Morgan fingerprint density at radius 1 is 1.20 bits per heavy atom. The van der Waals surface area contributed by atoms with Crippen molar-refractivity contribution in [3.63, 3.8) is 0 Å². The molecule has 1 aliphatic carbocycles. The van der Waals surface area contributed by atoms with Crippen molar-refractivity contribution in [2.24, 2.45) is 11.8 Å². The third kappa shape index (κ3) is 3.54. The van der Waals surface area contributed by atoms with Crippen LogP contribution in [0.25, 0.3) is 0 Å². The van der Waals surface area contributed by atoms with E-state index in [0.717, 1.165) is 24.8 Å². The Balaban J connectivity index is 2.01. The quantitative estimate of drug-likeness (QED) is 0.812. The van der Waals surface area contributed by atoms with E-state index in [0.29, 0.717) is 17.4 Å². The monoisotopic (exact) mass is 275 g/mol. The second-order valence-electron chi connectivity index (χ2n) is 7.03. The summed E-state index contributed by atoms with van der Waals surface area (Å²) < 4.78 is 5.76. The van der Waals surface area contributed by atoms with Gasteiger partial charge in [0.2, 0.25) is 0 Å². The molecule has 1 fully saturated rings. The highest BCUT2D eigenvalue weighted by Gasteiger charge is 2.51. The minimum absolute atomic E-state index is 0.348. The second kappa shape index (κ2) is 6.17. The van der Waals surface area contributed by atoms with Crippen LogP contribution >= 0.6 is 0 Å². The second-order valence-corrected chi connectivity index (χ2v) is 7.03. The largest absolute Gasteiger partial charge is 0.493 e. The summed E-state index contributed by atoms with van der Waals surface area (Å²) in [5, 5.41) is 3.60. The molecule has 1 N–H and O–H groups in total. The molecule has 0 aliphatic heterocycles. The molecule has 0 radical (unpaired) electrons. The lowest BCUT2D eigenvalue weighted by molar-refractivity contribution is 0.271. The fraction of sp³-hybridized carbons (Fsp3) is 0.667. The van der Waals surface area contributed by atoms with E-state index in [2.05, 4.69) is 64.2 Å². The van der Waals surface area contributed by atoms with Gasteiger partial charge in [-0.1, -0.05) is 46.8 Å². The molecule has 0 saturated heterocycles. The maximum Gasteiger partial charge on any atom is 0.119 e. The maximum atomic E-state index is 5.76. The topological polar surface area (TPSA) is 21.3 Å². The molecule has 1 aromatic carbocycles. The lowest BCUT2D eigenvalue weighted by atomic mass is 9.93. The molecule has 1 saturated carbocycles. The van der Waals surface area contributed by atoms with Crippen molar-refractivity contribution in [2.45, 2.75) is 52.5 Å². The van der Waals surface area contributed by atoms with Gasteiger partial charge in [0.05, 0.1) is 6.61 Å². The van der Waals surface area contributed by atoms with Crippen LogP contribution in [0.15, 0.2) is 24.3 Å². The lowest BCUT2D eigenvalue weighted by Gasteiger charge is -2.20. The molecular weight excluding hydrogens is 246 g/mol. The molecule has 1 aromatic rings. The molecule has 2 rings (SSSR count). The van der Waals surface area contributed by atoms with Gasteiger partial charge in [0.15, 0.2) is 0 Å². The summed E-state index contributed by atoms with van der Waals surface area (Å²) in [6.07, 6.45) is 1.29. The zero-order valence-corrected chi connectivity index (χ0v) is 13.6. The van der Waals surface area contributed by atoms with Gasteiger partial charge in [-0.15, -0.1) is 0 Å². The van der Waals surface area contributed by atoms with Gasteiger partial charge in [0, 0.05) is 18.0 Å². The first-order valence-corrected chi connectivity index (χ1v) is 7.91. The molecule has 2 nitrogen and oxygen atoms in total. The average Bonchev–Trinajstić information content (AvgIpc) is 3.06. The summed E-state index contributed by atoms with van der Waals surface area (Å²) in [6, 6.07) is 9.30. The highest BCUT2D eigenvalue weighted by atomic mass is 16.5. The molecule has 2 heteroatoms. The van der Waals surface area contributed by atoms with Gasteiger partial charge >= 0.3 is 0 Å². The smallest absolute Gasteiger partial charge is 0.119 e. The Kier molecular flexibility index (Phi) is 4.74. The predicted octanol–water partition coefficient (Wildman–Crippen LogP) is 4.00. The summed E-state index contributed by atoms with van der Waals surface area (Å²) in [5.41, 5.74) is 1.80. The zero-order chi connectivity index (χ0) is 14.8. The first-order valence-electron chi connectivity index (χ1n) is 7.91. The van der Waals surface area contributed by atoms with E-state index in [9.17, 15) is 0 Å². The Bertz CT molecular complexity index is 424. The van der Waals surface area contributed by atoms with Crippen LogP contribution in [0.1, 0.15) is 46.6 Å². The lowest BCUT2D eigenvalue weighted by Crippen LogP contribution is -2.33. The third-order valence-electron chi connectivity index (χ3n) is 4.29. The van der Waals surface area contributed by atoms with Crippen molar-refractivity contribution in [1.29, 1.82) is 0 Å². The molecule has 0 aromatic heterocycles. The molecular formula is C18H29NO. The molecule has 1 aliphatic rings. The summed E-state index contributed by atoms with van der Waals surface area (Å²) >= 11 is 0. The Labute approximate surface area is 123 Å². The van der Waals surface area contributed by atoms with Crippen LogP contribution in [0.3, 0.4) is 0 Å².